The molecule has 25 heavy (non-hydrogen) atoms. The maximum atomic E-state index is 5.61. The summed E-state index contributed by atoms with van der Waals surface area (Å²) in [6.45, 7) is 1.96. The van der Waals surface area contributed by atoms with Gasteiger partial charge in [0.15, 0.2) is 0 Å². The lowest BCUT2D eigenvalue weighted by atomic mass is 10.0. The molecule has 0 aliphatic carbocycles. The Hall–Kier alpha value is -2.11. The van der Waals surface area contributed by atoms with E-state index in [1.165, 1.54) is 21.7 Å². The molecule has 0 saturated carbocycles. The number of para-hydroxylation sites is 1. The van der Waals surface area contributed by atoms with Gasteiger partial charge in [0.25, 0.3) is 0 Å². The highest BCUT2D eigenvalue weighted by atomic mass is 32.1. The molecule has 0 amide bonds. The maximum absolute atomic E-state index is 5.61. The molecular formula is C20H22N2O2S. The minimum Gasteiger partial charge on any atom is -0.497 e. The van der Waals surface area contributed by atoms with Gasteiger partial charge in [-0.2, -0.15) is 0 Å². The number of fused-ring (bicyclic) bond motifs is 1. The second kappa shape index (κ2) is 7.02. The molecule has 1 aromatic heterocycles. The molecule has 1 atom stereocenters. The van der Waals surface area contributed by atoms with Crippen molar-refractivity contribution in [1.29, 1.82) is 0 Å². The number of hydrogen-bond donors (Lipinski definition) is 0. The molecule has 0 unspecified atom stereocenters. The van der Waals surface area contributed by atoms with Crippen molar-refractivity contribution >= 4 is 21.6 Å². The predicted octanol–water partition coefficient (Wildman–Crippen LogP) is 4.65. The SMILES string of the molecule is COc1ccc(OC)c([C@H]2CCCN2Cc2nc3ccccc3s2)c1. The standard InChI is InChI=1S/C20H22N2O2S/c1-23-14-9-10-18(24-2)15(12-14)17-7-5-11-22(17)13-20-21-16-6-3-4-8-19(16)25-20/h3-4,6,8-10,12,17H,5,7,11,13H2,1-2H3/t17-/m1/s1. The summed E-state index contributed by atoms with van der Waals surface area (Å²) >= 11 is 1.79. The van der Waals surface area contributed by atoms with E-state index in [4.69, 9.17) is 14.5 Å². The van der Waals surface area contributed by atoms with E-state index in [0.717, 1.165) is 36.5 Å². The molecule has 1 aliphatic heterocycles. The summed E-state index contributed by atoms with van der Waals surface area (Å²) < 4.78 is 12.3. The Morgan fingerprint density at radius 3 is 2.84 bits per heavy atom. The van der Waals surface area contributed by atoms with Crippen LogP contribution in [0.25, 0.3) is 10.2 Å². The molecule has 2 aromatic carbocycles. The lowest BCUT2D eigenvalue weighted by molar-refractivity contribution is 0.242. The number of rotatable bonds is 5. The van der Waals surface area contributed by atoms with Gasteiger partial charge in [-0.1, -0.05) is 12.1 Å². The summed E-state index contributed by atoms with van der Waals surface area (Å²) in [4.78, 5) is 7.31. The van der Waals surface area contributed by atoms with Gasteiger partial charge in [-0.25, -0.2) is 4.98 Å². The zero-order chi connectivity index (χ0) is 17.2. The number of aromatic nitrogens is 1. The minimum absolute atomic E-state index is 0.345. The third-order valence-corrected chi connectivity index (χ3v) is 5.86. The van der Waals surface area contributed by atoms with Crippen molar-refractivity contribution in [2.45, 2.75) is 25.4 Å². The fourth-order valence-electron chi connectivity index (χ4n) is 3.63. The molecule has 130 valence electrons. The van der Waals surface area contributed by atoms with E-state index in [2.05, 4.69) is 29.2 Å². The van der Waals surface area contributed by atoms with Crippen LogP contribution in [0.15, 0.2) is 42.5 Å². The van der Waals surface area contributed by atoms with Crippen LogP contribution >= 0.6 is 11.3 Å². The van der Waals surface area contributed by atoms with E-state index >= 15 is 0 Å². The normalized spacial score (nSPS) is 17.9. The highest BCUT2D eigenvalue weighted by Crippen LogP contribution is 2.40. The number of hydrogen-bond acceptors (Lipinski definition) is 5. The van der Waals surface area contributed by atoms with Crippen molar-refractivity contribution in [3.63, 3.8) is 0 Å². The van der Waals surface area contributed by atoms with Crippen LogP contribution in [-0.4, -0.2) is 30.6 Å². The van der Waals surface area contributed by atoms with Gasteiger partial charge < -0.3 is 9.47 Å². The Balaban J connectivity index is 1.62. The fraction of sp³-hybridized carbons (Fsp3) is 0.350. The van der Waals surface area contributed by atoms with Gasteiger partial charge in [-0.15, -0.1) is 11.3 Å². The third kappa shape index (κ3) is 3.22. The van der Waals surface area contributed by atoms with Gasteiger partial charge in [-0.3, -0.25) is 4.90 Å². The summed E-state index contributed by atoms with van der Waals surface area (Å²) in [7, 11) is 3.44. The second-order valence-electron chi connectivity index (χ2n) is 6.31. The summed E-state index contributed by atoms with van der Waals surface area (Å²) in [5, 5.41) is 1.18. The number of benzene rings is 2. The zero-order valence-electron chi connectivity index (χ0n) is 14.6. The first kappa shape index (κ1) is 16.4. The van der Waals surface area contributed by atoms with Crippen LogP contribution in [0.5, 0.6) is 11.5 Å². The van der Waals surface area contributed by atoms with Crippen molar-refractivity contribution in [1.82, 2.24) is 9.88 Å². The molecule has 1 fully saturated rings. The van der Waals surface area contributed by atoms with Crippen LogP contribution in [0, 0.1) is 0 Å². The van der Waals surface area contributed by atoms with E-state index in [9.17, 15) is 0 Å². The van der Waals surface area contributed by atoms with Gasteiger partial charge in [0.05, 0.1) is 31.0 Å². The number of nitrogens with zero attached hydrogens (tertiary/aromatic N) is 2. The van der Waals surface area contributed by atoms with Crippen molar-refractivity contribution in [3.8, 4) is 11.5 Å². The molecule has 0 radical (unpaired) electrons. The summed E-state index contributed by atoms with van der Waals surface area (Å²) in [6, 6.07) is 14.8. The van der Waals surface area contributed by atoms with Gasteiger partial charge in [0.1, 0.15) is 16.5 Å². The molecule has 1 aliphatic rings. The molecule has 4 nitrogen and oxygen atoms in total. The average Bonchev–Trinajstić information content (AvgIpc) is 3.27. The molecule has 2 heterocycles. The summed E-state index contributed by atoms with van der Waals surface area (Å²) in [6.07, 6.45) is 2.32. The largest absolute Gasteiger partial charge is 0.497 e. The van der Waals surface area contributed by atoms with Crippen molar-refractivity contribution in [3.05, 3.63) is 53.0 Å². The van der Waals surface area contributed by atoms with Crippen LogP contribution in [-0.2, 0) is 6.54 Å². The Morgan fingerprint density at radius 1 is 1.16 bits per heavy atom. The first-order chi connectivity index (χ1) is 12.3. The van der Waals surface area contributed by atoms with Crippen molar-refractivity contribution in [2.75, 3.05) is 20.8 Å². The van der Waals surface area contributed by atoms with Crippen molar-refractivity contribution < 1.29 is 9.47 Å². The van der Waals surface area contributed by atoms with E-state index in [1.54, 1.807) is 25.6 Å². The molecule has 0 spiro atoms. The predicted molar refractivity (Wildman–Crippen MR) is 102 cm³/mol. The molecular weight excluding hydrogens is 332 g/mol. The Bertz CT molecular complexity index is 844. The molecule has 0 N–H and O–H groups in total. The zero-order valence-corrected chi connectivity index (χ0v) is 15.4. The fourth-order valence-corrected chi connectivity index (χ4v) is 4.62. The lowest BCUT2D eigenvalue weighted by Gasteiger charge is -2.25. The van der Waals surface area contributed by atoms with Crippen LogP contribution in [0.2, 0.25) is 0 Å². The lowest BCUT2D eigenvalue weighted by Crippen LogP contribution is -2.23. The van der Waals surface area contributed by atoms with E-state index in [1.807, 2.05) is 18.2 Å². The molecule has 4 rings (SSSR count). The molecule has 0 bridgehead atoms. The summed E-state index contributed by atoms with van der Waals surface area (Å²) in [5.74, 6) is 1.81. The smallest absolute Gasteiger partial charge is 0.123 e. The number of methoxy groups -OCH3 is 2. The first-order valence-electron chi connectivity index (χ1n) is 8.59. The highest BCUT2D eigenvalue weighted by Gasteiger charge is 2.29. The minimum atomic E-state index is 0.345. The summed E-state index contributed by atoms with van der Waals surface area (Å²) in [5.41, 5.74) is 2.30. The Morgan fingerprint density at radius 2 is 2.04 bits per heavy atom. The van der Waals surface area contributed by atoms with E-state index in [-0.39, 0.29) is 0 Å². The van der Waals surface area contributed by atoms with Gasteiger partial charge in [0.2, 0.25) is 0 Å². The van der Waals surface area contributed by atoms with E-state index < -0.39 is 0 Å². The molecule has 5 heteroatoms. The number of ether oxygens (including phenoxy) is 2. The number of likely N-dealkylation sites (tertiary alicyclic amines) is 1. The van der Waals surface area contributed by atoms with Crippen LogP contribution < -0.4 is 9.47 Å². The Labute approximate surface area is 152 Å². The maximum Gasteiger partial charge on any atom is 0.123 e. The molecule has 1 saturated heterocycles. The highest BCUT2D eigenvalue weighted by molar-refractivity contribution is 7.18. The van der Waals surface area contributed by atoms with Gasteiger partial charge in [-0.05, 0) is 49.7 Å². The molecule has 3 aromatic rings. The monoisotopic (exact) mass is 354 g/mol. The van der Waals surface area contributed by atoms with E-state index in [0.29, 0.717) is 6.04 Å². The third-order valence-electron chi connectivity index (χ3n) is 4.84. The first-order valence-corrected chi connectivity index (χ1v) is 9.40. The van der Waals surface area contributed by atoms with Gasteiger partial charge in [0, 0.05) is 11.6 Å². The average molecular weight is 354 g/mol. The van der Waals surface area contributed by atoms with Crippen LogP contribution in [0.1, 0.15) is 29.5 Å². The van der Waals surface area contributed by atoms with Gasteiger partial charge >= 0.3 is 0 Å². The quantitative estimate of drug-likeness (QED) is 0.668. The van der Waals surface area contributed by atoms with Crippen molar-refractivity contribution in [2.24, 2.45) is 0 Å². The van der Waals surface area contributed by atoms with Crippen LogP contribution in [0.4, 0.5) is 0 Å². The number of thiazole rings is 1. The Kier molecular flexibility index (Phi) is 4.59. The van der Waals surface area contributed by atoms with Crippen LogP contribution in [0.3, 0.4) is 0 Å². The second-order valence-corrected chi connectivity index (χ2v) is 7.43. The topological polar surface area (TPSA) is 34.6 Å².